The number of anilines is 1. The van der Waals surface area contributed by atoms with Crippen LogP contribution in [-0.4, -0.2) is 83.6 Å². The number of nitrogens with zero attached hydrogens (tertiary/aromatic N) is 3. The highest BCUT2D eigenvalue weighted by molar-refractivity contribution is 7.91. The number of hydrogen-bond donors (Lipinski definition) is 3. The highest BCUT2D eigenvalue weighted by Gasteiger charge is 2.62. The second kappa shape index (κ2) is 17.0. The summed E-state index contributed by atoms with van der Waals surface area (Å²) >= 11 is 7.85. The number of halogens is 1. The van der Waals surface area contributed by atoms with Crippen molar-refractivity contribution >= 4 is 67.1 Å². The SMILES string of the molecule is COc1ccc2c(O[C@@H]3C[C@H]4C(=O)N[C@]5(C(=O)NS(=O)(=O)C6CC6)C[C@H]5/C=C\CCCCC[C@H](Nc5cccc(Cl)c5)C(=O)N4C3)nc(-c3nc(C(C)C)cs3)cc2c1C. The molecule has 60 heavy (non-hydrogen) atoms. The molecular weight excluding hydrogens is 824 g/mol. The van der Waals surface area contributed by atoms with Crippen LogP contribution in [0, 0.1) is 12.8 Å². The van der Waals surface area contributed by atoms with Crippen LogP contribution in [0.5, 0.6) is 11.6 Å². The number of aromatic nitrogens is 2. The summed E-state index contributed by atoms with van der Waals surface area (Å²) in [6.45, 7) is 6.20. The van der Waals surface area contributed by atoms with Crippen LogP contribution in [0.4, 0.5) is 5.69 Å². The molecule has 16 heteroatoms. The minimum Gasteiger partial charge on any atom is -0.496 e. The van der Waals surface area contributed by atoms with Gasteiger partial charge in [0.2, 0.25) is 27.7 Å². The number of benzene rings is 2. The molecule has 4 aromatic rings. The van der Waals surface area contributed by atoms with E-state index < -0.39 is 56.7 Å². The van der Waals surface area contributed by atoms with Gasteiger partial charge in [0, 0.05) is 33.8 Å². The molecule has 2 aliphatic heterocycles. The molecule has 2 aromatic heterocycles. The molecule has 2 saturated carbocycles. The average molecular weight is 876 g/mol. The molecule has 0 radical (unpaired) electrons. The number of carbonyl (C=O) groups is 3. The van der Waals surface area contributed by atoms with E-state index in [1.165, 1.54) is 16.2 Å². The van der Waals surface area contributed by atoms with E-state index in [4.69, 9.17) is 31.0 Å². The maximum Gasteiger partial charge on any atom is 0.259 e. The van der Waals surface area contributed by atoms with Crippen molar-refractivity contribution in [2.24, 2.45) is 5.92 Å². The van der Waals surface area contributed by atoms with Crippen molar-refractivity contribution in [1.29, 1.82) is 0 Å². The predicted molar refractivity (Wildman–Crippen MR) is 233 cm³/mol. The fraction of sp³-hybridized carbons (Fsp3) is 0.477. The first-order chi connectivity index (χ1) is 28.8. The van der Waals surface area contributed by atoms with Gasteiger partial charge >= 0.3 is 0 Å². The zero-order chi connectivity index (χ0) is 42.3. The topological polar surface area (TPSA) is 169 Å². The number of aryl methyl sites for hydroxylation is 1. The molecular formula is C44H51ClN6O7S2. The summed E-state index contributed by atoms with van der Waals surface area (Å²) in [5.74, 6) is -0.756. The standard InChI is InChI=1S/C44H51ClN6O7S2/c1-25(2)36-24-59-41(48-36)35-21-33-26(3)38(57-4)18-17-32(33)40(47-35)58-30-20-37-39(52)49-44(43(54)50-60(55,56)31-15-16-31)22-27(44)11-8-6-5-7-9-14-34(42(53)51(37)23-30)46-29-13-10-12-28(45)19-29/h8,10-13,17-19,21,24-25,27,30-31,34,37,46H,5-7,9,14-16,20,22-23H2,1-4H3,(H,49,52)(H,50,54)/b11-8-/t27-,30-,34+,37+,44-/m1/s1. The van der Waals surface area contributed by atoms with Crippen molar-refractivity contribution in [3.8, 4) is 22.3 Å². The Morgan fingerprint density at radius 3 is 2.62 bits per heavy atom. The number of fused-ring (bicyclic) bond motifs is 3. The van der Waals surface area contributed by atoms with Gasteiger partial charge in [-0.05, 0) is 98.7 Å². The van der Waals surface area contributed by atoms with Crippen molar-refractivity contribution in [1.82, 2.24) is 24.9 Å². The Kier molecular flexibility index (Phi) is 11.9. The minimum absolute atomic E-state index is 0.0561. The number of hydrogen-bond acceptors (Lipinski definition) is 11. The maximum absolute atomic E-state index is 14.9. The molecule has 0 unspecified atom stereocenters. The van der Waals surface area contributed by atoms with E-state index in [9.17, 15) is 22.8 Å². The van der Waals surface area contributed by atoms with E-state index in [0.29, 0.717) is 47.3 Å². The van der Waals surface area contributed by atoms with Gasteiger partial charge in [0.1, 0.15) is 40.2 Å². The number of sulfonamides is 1. The molecule has 4 aliphatic rings. The number of methoxy groups -OCH3 is 1. The summed E-state index contributed by atoms with van der Waals surface area (Å²) in [5, 5.41) is 10.6. The fourth-order valence-electron chi connectivity index (χ4n) is 8.29. The summed E-state index contributed by atoms with van der Waals surface area (Å²) in [7, 11) is -2.26. The van der Waals surface area contributed by atoms with Crippen LogP contribution in [0.2, 0.25) is 5.02 Å². The summed E-state index contributed by atoms with van der Waals surface area (Å²) in [6.07, 6.45) is 8.23. The Labute approximate surface area is 359 Å². The number of rotatable bonds is 10. The lowest BCUT2D eigenvalue weighted by Crippen LogP contribution is -2.57. The van der Waals surface area contributed by atoms with Gasteiger partial charge in [0.05, 0.1) is 24.6 Å². The summed E-state index contributed by atoms with van der Waals surface area (Å²) in [6, 6.07) is 11.2. The zero-order valence-corrected chi connectivity index (χ0v) is 36.6. The second-order valence-electron chi connectivity index (χ2n) is 16.7. The van der Waals surface area contributed by atoms with E-state index in [0.717, 1.165) is 52.7 Å². The number of carbonyl (C=O) groups excluding carboxylic acids is 3. The van der Waals surface area contributed by atoms with E-state index in [1.807, 2.05) is 54.8 Å². The molecule has 13 nitrogen and oxygen atoms in total. The van der Waals surface area contributed by atoms with Gasteiger partial charge in [-0.1, -0.05) is 56.5 Å². The van der Waals surface area contributed by atoms with E-state index in [2.05, 4.69) is 29.2 Å². The Morgan fingerprint density at radius 1 is 1.07 bits per heavy atom. The number of amides is 3. The summed E-state index contributed by atoms with van der Waals surface area (Å²) in [5.41, 5.74) is 1.67. The first-order valence-corrected chi connectivity index (χ1v) is 23.5. The van der Waals surface area contributed by atoms with Crippen LogP contribution in [0.15, 0.2) is 60.0 Å². The molecule has 2 aliphatic carbocycles. The normalized spacial score (nSPS) is 25.4. The number of nitrogens with one attached hydrogen (secondary N) is 3. The van der Waals surface area contributed by atoms with Crippen LogP contribution < -0.4 is 24.8 Å². The lowest BCUT2D eigenvalue weighted by molar-refractivity contribution is -0.140. The minimum atomic E-state index is -3.89. The number of allylic oxidation sites excluding steroid dienone is 1. The third-order valence-electron chi connectivity index (χ3n) is 12.0. The number of thiazole rings is 1. The van der Waals surface area contributed by atoms with Crippen LogP contribution >= 0.6 is 22.9 Å². The van der Waals surface area contributed by atoms with Crippen molar-refractivity contribution in [3.05, 3.63) is 76.3 Å². The second-order valence-corrected chi connectivity index (χ2v) is 20.0. The molecule has 8 rings (SSSR count). The molecule has 0 spiro atoms. The van der Waals surface area contributed by atoms with Gasteiger partial charge in [-0.15, -0.1) is 11.3 Å². The zero-order valence-electron chi connectivity index (χ0n) is 34.2. The molecule has 318 valence electrons. The van der Waals surface area contributed by atoms with Crippen LogP contribution in [-0.2, 0) is 24.4 Å². The lowest BCUT2D eigenvalue weighted by atomic mass is 10.0. The third-order valence-corrected chi connectivity index (χ3v) is 15.0. The highest BCUT2D eigenvalue weighted by Crippen LogP contribution is 2.46. The molecule has 4 heterocycles. The molecule has 2 aromatic carbocycles. The van der Waals surface area contributed by atoms with Crippen LogP contribution in [0.3, 0.4) is 0 Å². The summed E-state index contributed by atoms with van der Waals surface area (Å²) in [4.78, 5) is 54.9. The largest absolute Gasteiger partial charge is 0.496 e. The van der Waals surface area contributed by atoms with Crippen molar-refractivity contribution < 1.29 is 32.3 Å². The molecule has 0 bridgehead atoms. The maximum atomic E-state index is 14.9. The van der Waals surface area contributed by atoms with Crippen LogP contribution in [0.1, 0.15) is 88.8 Å². The predicted octanol–water partition coefficient (Wildman–Crippen LogP) is 7.28. The average Bonchev–Trinajstić information content (AvgIpc) is 4.09. The van der Waals surface area contributed by atoms with Gasteiger partial charge in [-0.2, -0.15) is 0 Å². The fourth-order valence-corrected chi connectivity index (χ4v) is 10.8. The van der Waals surface area contributed by atoms with Crippen molar-refractivity contribution in [2.45, 2.75) is 113 Å². The van der Waals surface area contributed by atoms with Gasteiger partial charge in [-0.25, -0.2) is 18.4 Å². The lowest BCUT2D eigenvalue weighted by Gasteiger charge is -2.30. The monoisotopic (exact) mass is 874 g/mol. The molecule has 3 N–H and O–H groups in total. The quantitative estimate of drug-likeness (QED) is 0.138. The van der Waals surface area contributed by atoms with Gasteiger partial charge in [0.15, 0.2) is 0 Å². The Balaban J connectivity index is 1.15. The highest BCUT2D eigenvalue weighted by atomic mass is 35.5. The molecule has 1 saturated heterocycles. The molecule has 3 amide bonds. The molecule has 5 atom stereocenters. The van der Waals surface area contributed by atoms with Gasteiger partial charge in [-0.3, -0.25) is 19.1 Å². The smallest absolute Gasteiger partial charge is 0.259 e. The number of pyridine rings is 1. The van der Waals surface area contributed by atoms with Crippen molar-refractivity contribution in [2.75, 3.05) is 19.0 Å². The van der Waals surface area contributed by atoms with E-state index in [-0.39, 0.29) is 31.2 Å². The van der Waals surface area contributed by atoms with E-state index >= 15 is 0 Å². The Morgan fingerprint density at radius 2 is 1.88 bits per heavy atom. The Hall–Kier alpha value is -4.73. The van der Waals surface area contributed by atoms with Crippen molar-refractivity contribution in [3.63, 3.8) is 0 Å². The summed E-state index contributed by atoms with van der Waals surface area (Å²) < 4.78 is 40.7. The first kappa shape index (κ1) is 42.0. The van der Waals surface area contributed by atoms with E-state index in [1.54, 1.807) is 19.2 Å². The van der Waals surface area contributed by atoms with Gasteiger partial charge in [0.25, 0.3) is 5.91 Å². The van der Waals surface area contributed by atoms with Gasteiger partial charge < -0.3 is 25.0 Å². The Bertz CT molecular complexity index is 2450. The third kappa shape index (κ3) is 8.71. The van der Waals surface area contributed by atoms with Crippen LogP contribution in [0.25, 0.3) is 21.5 Å². The number of ether oxygens (including phenoxy) is 2. The first-order valence-electron chi connectivity index (χ1n) is 20.7. The molecule has 3 fully saturated rings.